The Bertz CT molecular complexity index is 577. The second-order valence-corrected chi connectivity index (χ2v) is 5.78. The fourth-order valence-electron chi connectivity index (χ4n) is 2.01. The molecule has 0 fully saturated rings. The number of aromatic nitrogens is 2. The number of nitrogens with zero attached hydrogens (tertiary/aromatic N) is 2. The van der Waals surface area contributed by atoms with Gasteiger partial charge in [0.25, 0.3) is 0 Å². The van der Waals surface area contributed by atoms with Crippen molar-refractivity contribution >= 4 is 0 Å². The second kappa shape index (κ2) is 4.16. The number of hydrogen-bond donors (Lipinski definition) is 1. The van der Waals surface area contributed by atoms with Gasteiger partial charge in [0.1, 0.15) is 5.69 Å². The van der Waals surface area contributed by atoms with Gasteiger partial charge >= 0.3 is 0 Å². The van der Waals surface area contributed by atoms with Gasteiger partial charge in [0.2, 0.25) is 0 Å². The van der Waals surface area contributed by atoms with Crippen molar-refractivity contribution < 1.29 is 5.11 Å². The fourth-order valence-corrected chi connectivity index (χ4v) is 2.01. The zero-order chi connectivity index (χ0) is 13.5. The van der Waals surface area contributed by atoms with Crippen LogP contribution in [0.3, 0.4) is 0 Å². The third-order valence-electron chi connectivity index (χ3n) is 3.04. The predicted molar refractivity (Wildman–Crippen MR) is 73.4 cm³/mol. The van der Waals surface area contributed by atoms with Crippen LogP contribution in [0.15, 0.2) is 24.3 Å². The average Bonchev–Trinajstić information content (AvgIpc) is 2.55. The zero-order valence-electron chi connectivity index (χ0n) is 11.7. The molecular weight excluding hydrogens is 224 g/mol. The van der Waals surface area contributed by atoms with E-state index >= 15 is 0 Å². The Labute approximate surface area is 108 Å². The maximum atomic E-state index is 10.2. The third-order valence-corrected chi connectivity index (χ3v) is 3.04. The summed E-state index contributed by atoms with van der Waals surface area (Å²) < 4.78 is 1.81. The summed E-state index contributed by atoms with van der Waals surface area (Å²) in [5, 5.41) is 14.8. The molecule has 2 rings (SSSR count). The molecule has 0 aliphatic heterocycles. The fraction of sp³-hybridized carbons (Fsp3) is 0.400. The molecule has 0 radical (unpaired) electrons. The van der Waals surface area contributed by atoms with Crippen molar-refractivity contribution in [3.63, 3.8) is 0 Å². The summed E-state index contributed by atoms with van der Waals surface area (Å²) in [5.41, 5.74) is 3.52. The molecule has 1 aromatic heterocycles. The summed E-state index contributed by atoms with van der Waals surface area (Å²) in [5.74, 6) is 0.295. The Balaban J connectivity index is 2.60. The first kappa shape index (κ1) is 12.7. The zero-order valence-corrected chi connectivity index (χ0v) is 11.7. The molecule has 1 aromatic carbocycles. The minimum Gasteiger partial charge on any atom is -0.504 e. The highest BCUT2D eigenvalue weighted by Crippen LogP contribution is 2.33. The molecule has 0 amide bonds. The number of benzene rings is 1. The summed E-state index contributed by atoms with van der Waals surface area (Å²) in [6.07, 6.45) is 0. The largest absolute Gasteiger partial charge is 0.504 e. The predicted octanol–water partition coefficient (Wildman–Crippen LogP) is 3.49. The maximum absolute atomic E-state index is 10.2. The van der Waals surface area contributed by atoms with Gasteiger partial charge in [-0.2, -0.15) is 5.10 Å². The van der Waals surface area contributed by atoms with Crippen molar-refractivity contribution in [1.29, 1.82) is 0 Å². The molecule has 2 aromatic rings. The summed E-state index contributed by atoms with van der Waals surface area (Å²) >= 11 is 0. The SMILES string of the molecule is Cc1cccc(-n2nc(C(C)(C)C)c(O)c2C)c1. The summed E-state index contributed by atoms with van der Waals surface area (Å²) in [6, 6.07) is 8.11. The Morgan fingerprint density at radius 3 is 2.33 bits per heavy atom. The highest BCUT2D eigenvalue weighted by Gasteiger charge is 2.25. The van der Waals surface area contributed by atoms with Crippen LogP contribution >= 0.6 is 0 Å². The normalized spacial score (nSPS) is 11.8. The Morgan fingerprint density at radius 2 is 1.83 bits per heavy atom. The summed E-state index contributed by atoms with van der Waals surface area (Å²) in [7, 11) is 0. The number of aromatic hydroxyl groups is 1. The molecule has 1 heterocycles. The molecule has 0 saturated heterocycles. The van der Waals surface area contributed by atoms with E-state index in [2.05, 4.69) is 31.9 Å². The van der Waals surface area contributed by atoms with Crippen molar-refractivity contribution in [2.45, 2.75) is 40.0 Å². The van der Waals surface area contributed by atoms with Crippen molar-refractivity contribution in [3.8, 4) is 11.4 Å². The van der Waals surface area contributed by atoms with E-state index in [1.165, 1.54) is 5.56 Å². The Kier molecular flexibility index (Phi) is 2.93. The van der Waals surface area contributed by atoms with Gasteiger partial charge in [-0.25, -0.2) is 4.68 Å². The van der Waals surface area contributed by atoms with Crippen LogP contribution in [0.25, 0.3) is 5.69 Å². The van der Waals surface area contributed by atoms with Crippen LogP contribution in [0.4, 0.5) is 0 Å². The van der Waals surface area contributed by atoms with E-state index in [0.29, 0.717) is 5.75 Å². The molecule has 0 spiro atoms. The lowest BCUT2D eigenvalue weighted by atomic mass is 9.91. The minimum atomic E-state index is -0.163. The minimum absolute atomic E-state index is 0.163. The van der Waals surface area contributed by atoms with E-state index in [-0.39, 0.29) is 5.41 Å². The molecule has 3 heteroatoms. The molecule has 0 atom stereocenters. The third kappa shape index (κ3) is 2.13. The topological polar surface area (TPSA) is 38.0 Å². The van der Waals surface area contributed by atoms with Crippen LogP contribution in [0.2, 0.25) is 0 Å². The smallest absolute Gasteiger partial charge is 0.160 e. The van der Waals surface area contributed by atoms with Crippen LogP contribution in [0.1, 0.15) is 37.7 Å². The molecule has 96 valence electrons. The molecule has 0 unspecified atom stereocenters. The highest BCUT2D eigenvalue weighted by atomic mass is 16.3. The second-order valence-electron chi connectivity index (χ2n) is 5.78. The first-order chi connectivity index (χ1) is 8.30. The first-order valence-corrected chi connectivity index (χ1v) is 6.17. The van der Waals surface area contributed by atoms with Gasteiger partial charge in [0.05, 0.1) is 11.4 Å². The van der Waals surface area contributed by atoms with Gasteiger partial charge in [-0.15, -0.1) is 0 Å². The lowest BCUT2D eigenvalue weighted by Crippen LogP contribution is -2.13. The van der Waals surface area contributed by atoms with Crippen LogP contribution in [-0.2, 0) is 5.41 Å². The van der Waals surface area contributed by atoms with Crippen molar-refractivity contribution in [2.75, 3.05) is 0 Å². The molecule has 0 saturated carbocycles. The summed E-state index contributed by atoms with van der Waals surface area (Å²) in [4.78, 5) is 0. The van der Waals surface area contributed by atoms with E-state index < -0.39 is 0 Å². The average molecular weight is 244 g/mol. The van der Waals surface area contributed by atoms with Crippen molar-refractivity contribution in [1.82, 2.24) is 9.78 Å². The number of rotatable bonds is 1. The molecule has 18 heavy (non-hydrogen) atoms. The van der Waals surface area contributed by atoms with Gasteiger partial charge in [0, 0.05) is 5.41 Å². The van der Waals surface area contributed by atoms with Gasteiger partial charge in [0.15, 0.2) is 5.75 Å². The van der Waals surface area contributed by atoms with E-state index in [9.17, 15) is 5.11 Å². The molecule has 3 nitrogen and oxygen atoms in total. The monoisotopic (exact) mass is 244 g/mol. The lowest BCUT2D eigenvalue weighted by molar-refractivity contribution is 0.441. The molecule has 0 aliphatic carbocycles. The van der Waals surface area contributed by atoms with Crippen LogP contribution in [-0.4, -0.2) is 14.9 Å². The molecular formula is C15H20N2O. The van der Waals surface area contributed by atoms with Crippen LogP contribution < -0.4 is 0 Å². The van der Waals surface area contributed by atoms with Gasteiger partial charge in [-0.1, -0.05) is 32.9 Å². The first-order valence-electron chi connectivity index (χ1n) is 6.17. The van der Waals surface area contributed by atoms with Gasteiger partial charge < -0.3 is 5.11 Å². The van der Waals surface area contributed by atoms with Crippen molar-refractivity contribution in [2.24, 2.45) is 0 Å². The Morgan fingerprint density at radius 1 is 1.17 bits per heavy atom. The summed E-state index contributed by atoms with van der Waals surface area (Å²) in [6.45, 7) is 10.1. The number of aryl methyl sites for hydroxylation is 1. The maximum Gasteiger partial charge on any atom is 0.160 e. The van der Waals surface area contributed by atoms with E-state index in [0.717, 1.165) is 17.1 Å². The van der Waals surface area contributed by atoms with Crippen LogP contribution in [0.5, 0.6) is 5.75 Å². The molecule has 0 aliphatic rings. The standard InChI is InChI=1S/C15H20N2O/c1-10-7-6-8-12(9-10)17-11(2)13(18)14(16-17)15(3,4)5/h6-9,18H,1-5H3. The molecule has 1 N–H and O–H groups in total. The van der Waals surface area contributed by atoms with Crippen molar-refractivity contribution in [3.05, 3.63) is 41.2 Å². The van der Waals surface area contributed by atoms with Gasteiger partial charge in [-0.05, 0) is 31.5 Å². The van der Waals surface area contributed by atoms with E-state index in [4.69, 9.17) is 0 Å². The van der Waals surface area contributed by atoms with E-state index in [1.54, 1.807) is 0 Å². The van der Waals surface area contributed by atoms with Gasteiger partial charge in [-0.3, -0.25) is 0 Å². The lowest BCUT2D eigenvalue weighted by Gasteiger charge is -2.15. The van der Waals surface area contributed by atoms with E-state index in [1.807, 2.05) is 36.7 Å². The Hall–Kier alpha value is -1.77. The quantitative estimate of drug-likeness (QED) is 0.833. The van der Waals surface area contributed by atoms with Crippen LogP contribution in [0, 0.1) is 13.8 Å². The number of hydrogen-bond acceptors (Lipinski definition) is 2. The highest BCUT2D eigenvalue weighted by molar-refractivity contribution is 5.43. The molecule has 0 bridgehead atoms.